The van der Waals surface area contributed by atoms with E-state index in [1.54, 1.807) is 24.6 Å². The highest BCUT2D eigenvalue weighted by atomic mass is 127. The van der Waals surface area contributed by atoms with E-state index in [2.05, 4.69) is 26.0 Å². The number of nitrogens with one attached hydrogen (secondary N) is 2. The first-order chi connectivity index (χ1) is 10.8. The van der Waals surface area contributed by atoms with Crippen molar-refractivity contribution in [1.29, 1.82) is 0 Å². The highest BCUT2D eigenvalue weighted by Crippen LogP contribution is 2.11. The van der Waals surface area contributed by atoms with Gasteiger partial charge in [0.05, 0.1) is 11.3 Å². The Bertz CT molecular complexity index is 568. The number of rotatable bonds is 8. The minimum Gasteiger partial charge on any atom is -0.469 e. The van der Waals surface area contributed by atoms with Crippen molar-refractivity contribution in [3.05, 3.63) is 40.2 Å². The first-order valence-corrected chi connectivity index (χ1v) is 8.54. The summed E-state index contributed by atoms with van der Waals surface area (Å²) in [5.74, 6) is 1.83. The van der Waals surface area contributed by atoms with Crippen LogP contribution in [-0.2, 0) is 12.8 Å². The van der Waals surface area contributed by atoms with E-state index in [0.717, 1.165) is 56.2 Å². The lowest BCUT2D eigenvalue weighted by Crippen LogP contribution is -2.38. The smallest absolute Gasteiger partial charge is 0.190 e. The van der Waals surface area contributed by atoms with Crippen molar-refractivity contribution in [3.8, 4) is 0 Å². The van der Waals surface area contributed by atoms with E-state index in [4.69, 9.17) is 4.42 Å². The van der Waals surface area contributed by atoms with Crippen molar-refractivity contribution in [1.82, 2.24) is 15.6 Å². The predicted octanol–water partition coefficient (Wildman–Crippen LogP) is 3.39. The highest BCUT2D eigenvalue weighted by Gasteiger charge is 2.01. The zero-order valence-corrected chi connectivity index (χ0v) is 16.8. The number of aromatic nitrogens is 1. The van der Waals surface area contributed by atoms with Gasteiger partial charge in [-0.05, 0) is 38.3 Å². The largest absolute Gasteiger partial charge is 0.469 e. The Hall–Kier alpha value is -1.09. The average molecular weight is 448 g/mol. The van der Waals surface area contributed by atoms with Crippen LogP contribution in [0.15, 0.2) is 33.2 Å². The molecule has 0 saturated carbocycles. The van der Waals surface area contributed by atoms with Gasteiger partial charge in [0.1, 0.15) is 5.76 Å². The molecule has 0 aliphatic heterocycles. The molecule has 128 valence electrons. The molecule has 23 heavy (non-hydrogen) atoms. The third kappa shape index (κ3) is 7.83. The van der Waals surface area contributed by atoms with Gasteiger partial charge >= 0.3 is 0 Å². The monoisotopic (exact) mass is 448 g/mol. The molecule has 0 aliphatic carbocycles. The van der Waals surface area contributed by atoms with Crippen LogP contribution >= 0.6 is 35.3 Å². The summed E-state index contributed by atoms with van der Waals surface area (Å²) in [7, 11) is 1.79. The van der Waals surface area contributed by atoms with Crippen LogP contribution in [0.25, 0.3) is 0 Å². The lowest BCUT2D eigenvalue weighted by Gasteiger charge is -2.11. The van der Waals surface area contributed by atoms with Crippen LogP contribution < -0.4 is 10.6 Å². The van der Waals surface area contributed by atoms with Gasteiger partial charge in [0.2, 0.25) is 0 Å². The molecule has 2 N–H and O–H groups in total. The molecule has 7 heteroatoms. The summed E-state index contributed by atoms with van der Waals surface area (Å²) in [6.07, 6.45) is 5.87. The minimum atomic E-state index is 0. The molecule has 2 aromatic rings. The third-order valence-corrected chi connectivity index (χ3v) is 4.27. The fraction of sp³-hybridized carbons (Fsp3) is 0.500. The van der Waals surface area contributed by atoms with Gasteiger partial charge < -0.3 is 15.1 Å². The summed E-state index contributed by atoms with van der Waals surface area (Å²) in [6.45, 7) is 3.77. The van der Waals surface area contributed by atoms with Gasteiger partial charge in [-0.2, -0.15) is 0 Å². The number of furan rings is 1. The first kappa shape index (κ1) is 20.0. The second kappa shape index (κ2) is 11.4. The maximum absolute atomic E-state index is 5.30. The Morgan fingerprint density at radius 2 is 2.09 bits per heavy atom. The molecule has 0 atom stereocenters. The lowest BCUT2D eigenvalue weighted by molar-refractivity contribution is 0.506. The topological polar surface area (TPSA) is 62.5 Å². The van der Waals surface area contributed by atoms with Crippen LogP contribution in [0.5, 0.6) is 0 Å². The number of nitrogens with zero attached hydrogens (tertiary/aromatic N) is 2. The standard InChI is InChI=1S/C16H24N4OS.HI/c1-13-12-22-15(20-13)7-3-4-9-18-16(17-2)19-10-8-14-6-5-11-21-14;/h5-6,11-12H,3-4,7-10H2,1-2H3,(H2,17,18,19);1H. The molecule has 0 fully saturated rings. The molecule has 0 aliphatic rings. The molecule has 0 aromatic carbocycles. The SMILES string of the molecule is CN=C(NCCCCc1nc(C)cs1)NCCc1ccco1.I. The fourth-order valence-electron chi connectivity index (χ4n) is 2.11. The molecule has 0 saturated heterocycles. The number of hydrogen-bond acceptors (Lipinski definition) is 4. The van der Waals surface area contributed by atoms with Crippen LogP contribution in [0.3, 0.4) is 0 Å². The van der Waals surface area contributed by atoms with Crippen LogP contribution in [0, 0.1) is 6.92 Å². The van der Waals surface area contributed by atoms with Crippen molar-refractivity contribution in [3.63, 3.8) is 0 Å². The number of unbranched alkanes of at least 4 members (excludes halogenated alkanes) is 1. The van der Waals surface area contributed by atoms with Crippen LogP contribution in [0.1, 0.15) is 29.3 Å². The molecule has 0 bridgehead atoms. The Balaban J connectivity index is 0.00000264. The molecule has 0 unspecified atom stereocenters. The van der Waals surface area contributed by atoms with Gasteiger partial charge in [-0.15, -0.1) is 35.3 Å². The third-order valence-electron chi connectivity index (χ3n) is 3.24. The zero-order chi connectivity index (χ0) is 15.6. The second-order valence-corrected chi connectivity index (χ2v) is 6.04. The maximum atomic E-state index is 5.30. The summed E-state index contributed by atoms with van der Waals surface area (Å²) in [6, 6.07) is 3.89. The molecule has 2 aromatic heterocycles. The van der Waals surface area contributed by atoms with Crippen molar-refractivity contribution >= 4 is 41.3 Å². The molecular formula is C16H25IN4OS. The number of aliphatic imine (C=N–C) groups is 1. The van der Waals surface area contributed by atoms with Crippen molar-refractivity contribution < 1.29 is 4.42 Å². The second-order valence-electron chi connectivity index (χ2n) is 5.09. The average Bonchev–Trinajstić information content (AvgIpc) is 3.17. The number of halogens is 1. The molecule has 5 nitrogen and oxygen atoms in total. The summed E-state index contributed by atoms with van der Waals surface area (Å²) in [5.41, 5.74) is 1.12. The van der Waals surface area contributed by atoms with E-state index in [1.165, 1.54) is 5.01 Å². The van der Waals surface area contributed by atoms with Gasteiger partial charge in [-0.25, -0.2) is 4.98 Å². The van der Waals surface area contributed by atoms with Crippen LogP contribution in [-0.4, -0.2) is 31.1 Å². The van der Waals surface area contributed by atoms with E-state index in [0.29, 0.717) is 0 Å². The summed E-state index contributed by atoms with van der Waals surface area (Å²) in [5, 5.41) is 9.96. The van der Waals surface area contributed by atoms with E-state index >= 15 is 0 Å². The Morgan fingerprint density at radius 1 is 1.26 bits per heavy atom. The van der Waals surface area contributed by atoms with Gasteiger partial charge in [-0.3, -0.25) is 4.99 Å². The van der Waals surface area contributed by atoms with E-state index in [9.17, 15) is 0 Å². The number of guanidine groups is 1. The molecule has 0 radical (unpaired) electrons. The molecule has 2 heterocycles. The molecule has 0 spiro atoms. The van der Waals surface area contributed by atoms with Crippen LogP contribution in [0.4, 0.5) is 0 Å². The summed E-state index contributed by atoms with van der Waals surface area (Å²) >= 11 is 1.75. The highest BCUT2D eigenvalue weighted by molar-refractivity contribution is 14.0. The zero-order valence-electron chi connectivity index (χ0n) is 13.7. The van der Waals surface area contributed by atoms with Crippen molar-refractivity contribution in [2.45, 2.75) is 32.6 Å². The van der Waals surface area contributed by atoms with Gasteiger partial charge in [0.15, 0.2) is 5.96 Å². The number of aryl methyl sites for hydroxylation is 2. The van der Waals surface area contributed by atoms with Gasteiger partial charge in [0.25, 0.3) is 0 Å². The minimum absolute atomic E-state index is 0. The summed E-state index contributed by atoms with van der Waals surface area (Å²) in [4.78, 5) is 8.70. The summed E-state index contributed by atoms with van der Waals surface area (Å²) < 4.78 is 5.30. The normalized spacial score (nSPS) is 11.1. The quantitative estimate of drug-likeness (QED) is 0.281. The fourth-order valence-corrected chi connectivity index (χ4v) is 2.92. The molecular weight excluding hydrogens is 423 g/mol. The molecule has 2 rings (SSSR count). The van der Waals surface area contributed by atoms with E-state index < -0.39 is 0 Å². The maximum Gasteiger partial charge on any atom is 0.190 e. The predicted molar refractivity (Wildman–Crippen MR) is 107 cm³/mol. The van der Waals surface area contributed by atoms with Crippen molar-refractivity contribution in [2.24, 2.45) is 4.99 Å². The number of thiazole rings is 1. The van der Waals surface area contributed by atoms with Gasteiger partial charge in [0, 0.05) is 37.6 Å². The lowest BCUT2D eigenvalue weighted by atomic mass is 10.2. The Labute approximate surface area is 159 Å². The first-order valence-electron chi connectivity index (χ1n) is 7.66. The van der Waals surface area contributed by atoms with Gasteiger partial charge in [-0.1, -0.05) is 0 Å². The Morgan fingerprint density at radius 3 is 2.74 bits per heavy atom. The number of hydrogen-bond donors (Lipinski definition) is 2. The van der Waals surface area contributed by atoms with Crippen LogP contribution in [0.2, 0.25) is 0 Å². The molecule has 0 amide bonds. The van der Waals surface area contributed by atoms with E-state index in [1.807, 2.05) is 19.1 Å². The van der Waals surface area contributed by atoms with Crippen molar-refractivity contribution in [2.75, 3.05) is 20.1 Å². The Kier molecular flexibility index (Phi) is 9.93. The van der Waals surface area contributed by atoms with E-state index in [-0.39, 0.29) is 24.0 Å².